The van der Waals surface area contributed by atoms with Crippen molar-refractivity contribution in [3.8, 4) is 0 Å². The van der Waals surface area contributed by atoms with Gasteiger partial charge in [-0.15, -0.1) is 0 Å². The van der Waals surface area contributed by atoms with E-state index in [1.807, 2.05) is 4.90 Å². The average molecular weight is 411 g/mol. The van der Waals surface area contributed by atoms with Crippen LogP contribution in [0.15, 0.2) is 12.1 Å². The van der Waals surface area contributed by atoms with Gasteiger partial charge in [0.1, 0.15) is 0 Å². The number of Topliss-reactive ketones (excluding diaryl/α,β-unsaturated/α-hetero) is 1. The van der Waals surface area contributed by atoms with Crippen molar-refractivity contribution in [2.24, 2.45) is 0 Å². The molecule has 146 valence electrons. The largest absolute Gasteiger partial charge is 0.377 e. The van der Waals surface area contributed by atoms with Crippen LogP contribution in [0.2, 0.25) is 10.0 Å². The fraction of sp³-hybridized carbons (Fsp3) is 0.600. The molecule has 0 bridgehead atoms. The van der Waals surface area contributed by atoms with Crippen molar-refractivity contribution in [1.82, 2.24) is 9.80 Å². The fourth-order valence-electron chi connectivity index (χ4n) is 4.47. The number of carbonyl (C=O) groups is 2. The Hall–Kier alpha value is -1.14. The molecule has 1 amide bonds. The van der Waals surface area contributed by atoms with Crippen LogP contribution >= 0.6 is 23.2 Å². The number of amides is 1. The van der Waals surface area contributed by atoms with Gasteiger partial charge >= 0.3 is 0 Å². The molecule has 2 atom stereocenters. The molecule has 3 aliphatic rings. The monoisotopic (exact) mass is 410 g/mol. The Labute approximate surface area is 169 Å². The second-order valence-electron chi connectivity index (χ2n) is 7.64. The highest BCUT2D eigenvalue weighted by atomic mass is 35.5. The number of ketones is 1. The molecule has 0 radical (unpaired) electrons. The molecule has 2 saturated heterocycles. The summed E-state index contributed by atoms with van der Waals surface area (Å²) in [6.07, 6.45) is 3.33. The van der Waals surface area contributed by atoms with Crippen molar-refractivity contribution >= 4 is 34.9 Å². The van der Waals surface area contributed by atoms with Gasteiger partial charge in [0.15, 0.2) is 5.78 Å². The Morgan fingerprint density at radius 3 is 2.67 bits per heavy atom. The zero-order valence-electron chi connectivity index (χ0n) is 15.3. The van der Waals surface area contributed by atoms with Crippen molar-refractivity contribution in [3.63, 3.8) is 0 Å². The number of carbonyl (C=O) groups excluding carboxylic acids is 2. The lowest BCUT2D eigenvalue weighted by atomic mass is 9.81. The van der Waals surface area contributed by atoms with Crippen LogP contribution in [0, 0.1) is 0 Å². The third-order valence-corrected chi connectivity index (χ3v) is 6.63. The third-order valence-electron chi connectivity index (χ3n) is 5.90. The number of hydrogen-bond acceptors (Lipinski definition) is 4. The van der Waals surface area contributed by atoms with Crippen LogP contribution in [0.1, 0.15) is 47.5 Å². The molecule has 0 aromatic heterocycles. The molecule has 4 rings (SSSR count). The van der Waals surface area contributed by atoms with E-state index in [1.165, 1.54) is 12.8 Å². The van der Waals surface area contributed by atoms with E-state index in [2.05, 4.69) is 4.90 Å². The summed E-state index contributed by atoms with van der Waals surface area (Å²) in [5.41, 5.74) is 1.26. The molecule has 5 nitrogen and oxygen atoms in total. The number of fused-ring (bicyclic) bond motifs is 1. The maximum atomic E-state index is 13.5. The van der Waals surface area contributed by atoms with E-state index < -0.39 is 0 Å². The lowest BCUT2D eigenvalue weighted by molar-refractivity contribution is -0.142. The van der Waals surface area contributed by atoms with Crippen LogP contribution in [0.4, 0.5) is 0 Å². The zero-order valence-corrected chi connectivity index (χ0v) is 16.8. The predicted molar refractivity (Wildman–Crippen MR) is 105 cm³/mol. The van der Waals surface area contributed by atoms with Crippen LogP contribution in [-0.4, -0.2) is 66.9 Å². The molecule has 2 aliphatic heterocycles. The van der Waals surface area contributed by atoms with Crippen LogP contribution in [-0.2, 0) is 9.53 Å². The lowest BCUT2D eigenvalue weighted by Crippen LogP contribution is -2.54. The van der Waals surface area contributed by atoms with Crippen LogP contribution < -0.4 is 0 Å². The number of nitrogens with zero attached hydrogens (tertiary/aromatic N) is 2. The summed E-state index contributed by atoms with van der Waals surface area (Å²) in [5.74, 6) is -0.232. The van der Waals surface area contributed by atoms with E-state index >= 15 is 0 Å². The highest BCUT2D eigenvalue weighted by Gasteiger charge is 2.38. The fourth-order valence-corrected chi connectivity index (χ4v) is 4.81. The highest BCUT2D eigenvalue weighted by molar-refractivity contribution is 6.42. The smallest absolute Gasteiger partial charge is 0.230 e. The molecule has 2 unspecified atom stereocenters. The van der Waals surface area contributed by atoms with Gasteiger partial charge in [0.05, 0.1) is 35.2 Å². The van der Waals surface area contributed by atoms with Gasteiger partial charge in [-0.25, -0.2) is 0 Å². The second-order valence-corrected chi connectivity index (χ2v) is 8.45. The van der Waals surface area contributed by atoms with Crippen molar-refractivity contribution in [1.29, 1.82) is 0 Å². The quantitative estimate of drug-likeness (QED) is 0.766. The summed E-state index contributed by atoms with van der Waals surface area (Å²) in [6.45, 7) is 4.76. The molecule has 27 heavy (non-hydrogen) atoms. The molecule has 2 fully saturated rings. The summed E-state index contributed by atoms with van der Waals surface area (Å²) in [7, 11) is 0. The number of hydrogen-bond donors (Lipinski definition) is 0. The number of rotatable bonds is 3. The molecule has 0 N–H and O–H groups in total. The molecule has 7 heteroatoms. The Balaban J connectivity index is 1.58. The van der Waals surface area contributed by atoms with Crippen molar-refractivity contribution in [2.75, 3.05) is 39.4 Å². The van der Waals surface area contributed by atoms with Gasteiger partial charge in [0, 0.05) is 25.1 Å². The molecule has 1 aromatic carbocycles. The SMILES string of the molecule is O=C1CCC(C(=O)N2CCOCC2CN2CCCC2)c2cc(Cl)c(Cl)cc21. The summed E-state index contributed by atoms with van der Waals surface area (Å²) in [5, 5.41) is 0.744. The summed E-state index contributed by atoms with van der Waals surface area (Å²) >= 11 is 12.3. The minimum Gasteiger partial charge on any atom is -0.377 e. The van der Waals surface area contributed by atoms with Crippen molar-refractivity contribution in [3.05, 3.63) is 33.3 Å². The molecule has 0 spiro atoms. The van der Waals surface area contributed by atoms with E-state index in [1.54, 1.807) is 12.1 Å². The third kappa shape index (κ3) is 3.88. The number of ether oxygens (including phenoxy) is 1. The van der Waals surface area contributed by atoms with Gasteiger partial charge < -0.3 is 14.5 Å². The molecule has 1 aliphatic carbocycles. The number of morpholine rings is 1. The molecular formula is C20H24Cl2N2O3. The Bertz CT molecular complexity index is 749. The Morgan fingerprint density at radius 1 is 1.15 bits per heavy atom. The average Bonchev–Trinajstić information content (AvgIpc) is 3.17. The molecule has 1 aromatic rings. The van der Waals surface area contributed by atoms with Crippen LogP contribution in [0.25, 0.3) is 0 Å². The van der Waals surface area contributed by atoms with Gasteiger partial charge in [-0.05, 0) is 50.0 Å². The number of benzene rings is 1. The summed E-state index contributed by atoms with van der Waals surface area (Å²) in [4.78, 5) is 30.2. The minimum absolute atomic E-state index is 0.0308. The highest BCUT2D eigenvalue weighted by Crippen LogP contribution is 2.38. The maximum absolute atomic E-state index is 13.5. The van der Waals surface area contributed by atoms with Crippen molar-refractivity contribution in [2.45, 2.75) is 37.6 Å². The molecule has 0 saturated carbocycles. The van der Waals surface area contributed by atoms with Gasteiger partial charge in [-0.1, -0.05) is 23.2 Å². The van der Waals surface area contributed by atoms with Gasteiger partial charge in [-0.3, -0.25) is 9.59 Å². The van der Waals surface area contributed by atoms with Crippen LogP contribution in [0.3, 0.4) is 0 Å². The van der Waals surface area contributed by atoms with Gasteiger partial charge in [-0.2, -0.15) is 0 Å². The standard InChI is InChI=1S/C20H24Cl2N2O3/c21-17-9-15-14(3-4-19(25)16(15)10-18(17)22)20(26)24-7-8-27-12-13(24)11-23-5-1-2-6-23/h9-10,13-14H,1-8,11-12H2. The first-order valence-corrected chi connectivity index (χ1v) is 10.4. The van der Waals surface area contributed by atoms with E-state index in [-0.39, 0.29) is 23.7 Å². The van der Waals surface area contributed by atoms with Crippen molar-refractivity contribution < 1.29 is 14.3 Å². The maximum Gasteiger partial charge on any atom is 0.230 e. The first-order valence-electron chi connectivity index (χ1n) is 9.67. The predicted octanol–water partition coefficient (Wildman–Crippen LogP) is 3.38. The second kappa shape index (κ2) is 8.08. The normalized spacial score (nSPS) is 26.3. The lowest BCUT2D eigenvalue weighted by Gasteiger charge is -2.40. The first kappa shape index (κ1) is 19.2. The van der Waals surface area contributed by atoms with E-state index in [4.69, 9.17) is 27.9 Å². The Kier molecular flexibility index (Phi) is 5.74. The number of halogens is 2. The van der Waals surface area contributed by atoms with Crippen LogP contribution in [0.5, 0.6) is 0 Å². The number of likely N-dealkylation sites (tertiary alicyclic amines) is 1. The van der Waals surface area contributed by atoms with E-state index in [9.17, 15) is 9.59 Å². The first-order chi connectivity index (χ1) is 13.0. The summed E-state index contributed by atoms with van der Waals surface area (Å²) in [6, 6.07) is 3.38. The minimum atomic E-state index is -0.341. The van der Waals surface area contributed by atoms with E-state index in [0.717, 1.165) is 25.2 Å². The van der Waals surface area contributed by atoms with Gasteiger partial charge in [0.2, 0.25) is 5.91 Å². The van der Waals surface area contributed by atoms with Gasteiger partial charge in [0.25, 0.3) is 0 Å². The summed E-state index contributed by atoms with van der Waals surface area (Å²) < 4.78 is 5.67. The van der Waals surface area contributed by atoms with E-state index in [0.29, 0.717) is 48.2 Å². The Morgan fingerprint density at radius 2 is 1.89 bits per heavy atom. The molecular weight excluding hydrogens is 387 g/mol. The topological polar surface area (TPSA) is 49.9 Å². The molecule has 2 heterocycles. The zero-order chi connectivity index (χ0) is 19.0.